The van der Waals surface area contributed by atoms with Crippen molar-refractivity contribution in [1.82, 2.24) is 14.7 Å². The molecule has 0 atom stereocenters. The van der Waals surface area contributed by atoms with E-state index in [-0.39, 0.29) is 0 Å². The fourth-order valence-corrected chi connectivity index (χ4v) is 2.68. The average molecular weight is 623 g/mol. The monoisotopic (exact) mass is 623 g/mol. The average Bonchev–Trinajstić information content (AvgIpc) is 2.53. The van der Waals surface area contributed by atoms with Crippen molar-refractivity contribution in [3.8, 4) is 0 Å². The molecule has 0 bridgehead atoms. The molecule has 25 heavy (non-hydrogen) atoms. The van der Waals surface area contributed by atoms with Crippen LogP contribution in [0.15, 0.2) is 24.4 Å². The summed E-state index contributed by atoms with van der Waals surface area (Å²) in [6.07, 6.45) is 3.28. The predicted molar refractivity (Wildman–Crippen MR) is 94.3 cm³/mol. The van der Waals surface area contributed by atoms with Crippen molar-refractivity contribution in [3.05, 3.63) is 35.8 Å². The second kappa shape index (κ2) is 10.1. The standard InChI is InChI=1S/C12H12N2O.C3H4NO3S2.Fm/c1-8-2-3-9-5-13-12(10-6-15-7-10)14-11(9)4-8;1-7-3(6)8-9-4-2-5;/h2-5,10H,6-7H2,1H3;1H3,(H,4,5);/q;-1;. The SMILES string of the molecule is COC(=O)SSN[C-]=O.Cc1ccc2cnc(C3COC3)nc2c1.[Fm]. The maximum absolute atomic E-state index is 10.2. The molecule has 1 aliphatic heterocycles. The molecule has 1 aromatic heterocycles. The quantitative estimate of drug-likeness (QED) is 0.139. The first-order chi connectivity index (χ1) is 11.6. The Morgan fingerprint density at radius 2 is 2.20 bits per heavy atom. The van der Waals surface area contributed by atoms with Gasteiger partial charge in [0.1, 0.15) is 5.82 Å². The van der Waals surface area contributed by atoms with Crippen LogP contribution in [0, 0.1) is 6.92 Å². The zero-order valence-corrected chi connectivity index (χ0v) is 17.5. The fraction of sp³-hybridized carbons (Fsp3) is 0.333. The summed E-state index contributed by atoms with van der Waals surface area (Å²) in [5, 5.41) is 0.646. The summed E-state index contributed by atoms with van der Waals surface area (Å²) in [5.74, 6) is 1.31. The van der Waals surface area contributed by atoms with E-state index in [1.807, 2.05) is 6.20 Å². The number of carbonyl (C=O) groups is 1. The Labute approximate surface area is 147 Å². The minimum atomic E-state index is -0.456. The number of aromatic nitrogens is 2. The van der Waals surface area contributed by atoms with Crippen LogP contribution in [0.25, 0.3) is 10.9 Å². The van der Waals surface area contributed by atoms with Gasteiger partial charge in [0.25, 0.3) is 0 Å². The smallest absolute Gasteiger partial charge is 0.379 e. The van der Waals surface area contributed by atoms with Gasteiger partial charge in [-0.2, -0.15) is 6.41 Å². The summed E-state index contributed by atoms with van der Waals surface area (Å²) in [6, 6.07) is 6.24. The van der Waals surface area contributed by atoms with Crippen LogP contribution in [0.3, 0.4) is 0 Å². The van der Waals surface area contributed by atoms with E-state index >= 15 is 0 Å². The largest absolute Gasteiger partial charge is 0.519 e. The van der Waals surface area contributed by atoms with Gasteiger partial charge in [0.2, 0.25) is 0 Å². The van der Waals surface area contributed by atoms with E-state index in [0.717, 1.165) is 51.7 Å². The summed E-state index contributed by atoms with van der Waals surface area (Å²) < 4.78 is 11.5. The molecule has 7 nitrogen and oxygen atoms in total. The molecular formula is C15H16FmN3O4S2-. The molecule has 1 amide bonds. The molecule has 0 radical (unpaired) electrons. The summed E-state index contributed by atoms with van der Waals surface area (Å²) >= 11 is 0. The van der Waals surface area contributed by atoms with Crippen LogP contribution < -0.4 is 4.72 Å². The van der Waals surface area contributed by atoms with Crippen molar-refractivity contribution in [3.63, 3.8) is 0 Å². The number of aryl methyl sites for hydroxylation is 1. The fourth-order valence-electron chi connectivity index (χ4n) is 1.84. The molecule has 0 saturated carbocycles. The van der Waals surface area contributed by atoms with Gasteiger partial charge in [0.15, 0.2) is 0 Å². The number of nitrogens with one attached hydrogen (secondary N) is 1. The summed E-state index contributed by atoms with van der Waals surface area (Å²) in [5.41, 5.74) is 2.27. The normalized spacial score (nSPS) is 12.9. The van der Waals surface area contributed by atoms with Crippen molar-refractivity contribution >= 4 is 44.4 Å². The molecule has 0 spiro atoms. The number of hydrogen-bond acceptors (Lipinski definition) is 8. The second-order valence-electron chi connectivity index (χ2n) is 4.85. The predicted octanol–water partition coefficient (Wildman–Crippen LogP) is 2.76. The molecule has 1 aliphatic rings. The number of carbonyl (C=O) groups excluding carboxylic acids is 2. The topological polar surface area (TPSA) is 90.4 Å². The first-order valence-corrected chi connectivity index (χ1v) is 9.13. The van der Waals surface area contributed by atoms with Crippen molar-refractivity contribution in [1.29, 1.82) is 0 Å². The van der Waals surface area contributed by atoms with Gasteiger partial charge in [-0.15, -0.1) is 0 Å². The van der Waals surface area contributed by atoms with Crippen LogP contribution >= 0.6 is 21.8 Å². The van der Waals surface area contributed by atoms with E-state index in [4.69, 9.17) is 4.74 Å². The Kier molecular flexibility index (Phi) is 8.17. The van der Waals surface area contributed by atoms with E-state index in [0.29, 0.717) is 5.92 Å². The van der Waals surface area contributed by atoms with Crippen LogP contribution in [0.1, 0.15) is 17.3 Å². The van der Waals surface area contributed by atoms with E-state index in [1.165, 1.54) is 19.1 Å². The van der Waals surface area contributed by atoms with Gasteiger partial charge in [-0.1, -0.05) is 12.1 Å². The number of benzene rings is 1. The van der Waals surface area contributed by atoms with Crippen molar-refractivity contribution in [2.24, 2.45) is 0 Å². The van der Waals surface area contributed by atoms with Gasteiger partial charge >= 0.3 is 5.30 Å². The van der Waals surface area contributed by atoms with Crippen LogP contribution in [-0.2, 0) is 14.3 Å². The summed E-state index contributed by atoms with van der Waals surface area (Å²) in [4.78, 5) is 28.6. The first kappa shape index (κ1) is 20.2. The maximum Gasteiger partial charge on any atom is 0.379 e. The number of rotatable bonds is 4. The van der Waals surface area contributed by atoms with Crippen molar-refractivity contribution in [2.45, 2.75) is 12.8 Å². The zero-order valence-electron chi connectivity index (χ0n) is 13.4. The summed E-state index contributed by atoms with van der Waals surface area (Å²) in [7, 11) is 2.90. The van der Waals surface area contributed by atoms with E-state index in [9.17, 15) is 9.59 Å². The molecule has 1 N–H and O–H groups in total. The number of nitrogens with zero attached hydrogens (tertiary/aromatic N) is 2. The third kappa shape index (κ3) is 5.94. The molecule has 1 saturated heterocycles. The van der Waals surface area contributed by atoms with Crippen molar-refractivity contribution < 1.29 is 19.1 Å². The molecule has 1 fully saturated rings. The molecular weight excluding hydrogens is 607 g/mol. The Bertz CT molecular complexity index is 716. The van der Waals surface area contributed by atoms with Crippen LogP contribution in [0.4, 0.5) is 4.79 Å². The zero-order chi connectivity index (χ0) is 17.4. The minimum Gasteiger partial charge on any atom is -0.519 e. The number of fused-ring (bicyclic) bond motifs is 1. The number of hydrogen-bond donors (Lipinski definition) is 1. The van der Waals surface area contributed by atoms with Gasteiger partial charge < -0.3 is 19.0 Å². The third-order valence-electron chi connectivity index (χ3n) is 3.12. The number of amides is 1. The Morgan fingerprint density at radius 3 is 2.80 bits per heavy atom. The Hall–Kier alpha value is -2.84. The van der Waals surface area contributed by atoms with Gasteiger partial charge in [-0.25, -0.2) is 14.8 Å². The molecule has 10 heteroatoms. The van der Waals surface area contributed by atoms with E-state index < -0.39 is 5.30 Å². The molecule has 0 unspecified atom stereocenters. The van der Waals surface area contributed by atoms with E-state index in [2.05, 4.69) is 44.5 Å². The first-order valence-electron chi connectivity index (χ1n) is 6.98. The molecule has 0 aliphatic carbocycles. The molecule has 2 aromatic rings. The summed E-state index contributed by atoms with van der Waals surface area (Å²) in [6.45, 7) is 3.60. The molecule has 3 rings (SSSR count). The van der Waals surface area contributed by atoms with Crippen LogP contribution in [-0.4, -0.2) is 42.0 Å². The minimum absolute atomic E-state index is 0. The molecule has 1 aromatic carbocycles. The molecule has 140 valence electrons. The number of ether oxygens (including phenoxy) is 2. The Balaban J connectivity index is 0.000000275. The van der Waals surface area contributed by atoms with Crippen molar-refractivity contribution in [2.75, 3.05) is 20.3 Å². The molecule has 2 heterocycles. The second-order valence-corrected chi connectivity index (χ2v) is 6.72. The third-order valence-corrected chi connectivity index (χ3v) is 4.58. The maximum atomic E-state index is 10.2. The van der Waals surface area contributed by atoms with E-state index in [1.54, 1.807) is 0 Å². The van der Waals surface area contributed by atoms with Gasteiger partial charge in [-0.3, -0.25) is 0 Å². The number of methoxy groups -OCH3 is 1. The van der Waals surface area contributed by atoms with Gasteiger partial charge in [-0.05, 0) is 29.5 Å². The Morgan fingerprint density at radius 1 is 1.44 bits per heavy atom. The van der Waals surface area contributed by atoms with Crippen LogP contribution in [0.5, 0.6) is 0 Å². The van der Waals surface area contributed by atoms with Gasteiger partial charge in [0.05, 0.1) is 31.8 Å². The van der Waals surface area contributed by atoms with Crippen LogP contribution in [0.2, 0.25) is 0 Å². The van der Waals surface area contributed by atoms with Gasteiger partial charge in [0, 0.05) is 22.4 Å².